The number of nitrogens with two attached hydrogens (primary N) is 1. The van der Waals surface area contributed by atoms with Crippen LogP contribution < -0.4 is 16.6 Å². The van der Waals surface area contributed by atoms with Gasteiger partial charge in [-0.25, -0.2) is 9.50 Å². The molecular formula is C22H26N6O3. The van der Waals surface area contributed by atoms with Crippen LogP contribution in [0.15, 0.2) is 35.1 Å². The molecule has 0 spiro atoms. The van der Waals surface area contributed by atoms with Crippen molar-refractivity contribution in [2.45, 2.75) is 45.7 Å². The zero-order valence-corrected chi connectivity index (χ0v) is 17.6. The van der Waals surface area contributed by atoms with Gasteiger partial charge in [0.2, 0.25) is 11.8 Å². The maximum absolute atomic E-state index is 12.7. The average Bonchev–Trinajstić information content (AvgIpc) is 3.31. The highest BCUT2D eigenvalue weighted by molar-refractivity contribution is 5.92. The van der Waals surface area contributed by atoms with Gasteiger partial charge in [0.15, 0.2) is 5.65 Å². The van der Waals surface area contributed by atoms with Crippen LogP contribution in [0.1, 0.15) is 35.4 Å². The van der Waals surface area contributed by atoms with Gasteiger partial charge in [0.25, 0.3) is 5.56 Å². The third-order valence-electron chi connectivity index (χ3n) is 5.83. The number of hydrogen-bond donors (Lipinski definition) is 3. The molecule has 0 saturated carbocycles. The lowest BCUT2D eigenvalue weighted by atomic mass is 10.1. The Morgan fingerprint density at radius 3 is 2.87 bits per heavy atom. The number of H-pyrrole nitrogens is 1. The van der Waals surface area contributed by atoms with Crippen molar-refractivity contribution in [2.75, 3.05) is 11.9 Å². The van der Waals surface area contributed by atoms with E-state index in [2.05, 4.69) is 20.3 Å². The highest BCUT2D eigenvalue weighted by Crippen LogP contribution is 2.21. The van der Waals surface area contributed by atoms with Gasteiger partial charge < -0.3 is 11.1 Å². The number of fused-ring (bicyclic) bond motifs is 1. The molecule has 9 heteroatoms. The Bertz CT molecular complexity index is 1210. The second-order valence-electron chi connectivity index (χ2n) is 8.03. The van der Waals surface area contributed by atoms with Crippen LogP contribution in [0.3, 0.4) is 0 Å². The molecule has 3 heterocycles. The Kier molecular flexibility index (Phi) is 5.60. The van der Waals surface area contributed by atoms with Crippen LogP contribution in [-0.4, -0.2) is 43.9 Å². The van der Waals surface area contributed by atoms with Crippen molar-refractivity contribution >= 4 is 23.1 Å². The Hall–Kier alpha value is -3.46. The van der Waals surface area contributed by atoms with Gasteiger partial charge in [0.05, 0.1) is 12.5 Å². The van der Waals surface area contributed by atoms with Crippen molar-refractivity contribution < 1.29 is 9.59 Å². The highest BCUT2D eigenvalue weighted by Gasteiger charge is 2.28. The summed E-state index contributed by atoms with van der Waals surface area (Å²) in [6, 6.07) is 8.81. The first-order valence-corrected chi connectivity index (χ1v) is 10.3. The summed E-state index contributed by atoms with van der Waals surface area (Å²) in [4.78, 5) is 42.5. The van der Waals surface area contributed by atoms with Crippen LogP contribution in [0.25, 0.3) is 5.65 Å². The Morgan fingerprint density at radius 1 is 1.29 bits per heavy atom. The van der Waals surface area contributed by atoms with E-state index in [4.69, 9.17) is 5.73 Å². The van der Waals surface area contributed by atoms with Crippen molar-refractivity contribution in [3.63, 3.8) is 0 Å². The number of carbonyl (C=O) groups is 2. The molecule has 1 unspecified atom stereocenters. The molecule has 162 valence electrons. The number of aromatic nitrogens is 3. The second-order valence-corrected chi connectivity index (χ2v) is 8.03. The minimum atomic E-state index is -0.290. The van der Waals surface area contributed by atoms with E-state index in [1.165, 1.54) is 6.07 Å². The molecule has 1 aliphatic rings. The molecule has 31 heavy (non-hydrogen) atoms. The third kappa shape index (κ3) is 4.36. The molecule has 0 radical (unpaired) electrons. The summed E-state index contributed by atoms with van der Waals surface area (Å²) in [7, 11) is 0. The second kappa shape index (κ2) is 8.35. The number of anilines is 1. The molecule has 2 amide bonds. The third-order valence-corrected chi connectivity index (χ3v) is 5.83. The van der Waals surface area contributed by atoms with E-state index in [-0.39, 0.29) is 29.8 Å². The fourth-order valence-electron chi connectivity index (χ4n) is 4.30. The first kappa shape index (κ1) is 20.8. The molecule has 4 rings (SSSR count). The van der Waals surface area contributed by atoms with E-state index >= 15 is 0 Å². The number of primary amides is 1. The Labute approximate surface area is 179 Å². The smallest absolute Gasteiger partial charge is 0.266 e. The summed E-state index contributed by atoms with van der Waals surface area (Å²) in [5.74, 6) is -0.461. The molecule has 1 saturated heterocycles. The Morgan fingerprint density at radius 2 is 2.10 bits per heavy atom. The van der Waals surface area contributed by atoms with Crippen LogP contribution >= 0.6 is 0 Å². The van der Waals surface area contributed by atoms with E-state index in [1.54, 1.807) is 4.52 Å². The van der Waals surface area contributed by atoms with Crippen molar-refractivity contribution in [3.05, 3.63) is 63.2 Å². The zero-order valence-electron chi connectivity index (χ0n) is 17.6. The number of aromatic amines is 1. The summed E-state index contributed by atoms with van der Waals surface area (Å²) >= 11 is 0. The van der Waals surface area contributed by atoms with Crippen LogP contribution in [-0.2, 0) is 22.6 Å². The van der Waals surface area contributed by atoms with E-state index < -0.39 is 0 Å². The fourth-order valence-corrected chi connectivity index (χ4v) is 4.30. The predicted octanol–water partition coefficient (Wildman–Crippen LogP) is 1.27. The molecule has 3 aromatic rings. The van der Waals surface area contributed by atoms with Gasteiger partial charge in [0.1, 0.15) is 0 Å². The van der Waals surface area contributed by atoms with Crippen LogP contribution in [0.2, 0.25) is 0 Å². The first-order chi connectivity index (χ1) is 14.8. The summed E-state index contributed by atoms with van der Waals surface area (Å²) in [6.45, 7) is 5.13. The van der Waals surface area contributed by atoms with Gasteiger partial charge >= 0.3 is 0 Å². The lowest BCUT2D eigenvalue weighted by Crippen LogP contribution is -2.39. The minimum Gasteiger partial charge on any atom is -0.368 e. The van der Waals surface area contributed by atoms with Crippen molar-refractivity contribution in [2.24, 2.45) is 5.73 Å². The van der Waals surface area contributed by atoms with Gasteiger partial charge in [-0.1, -0.05) is 12.1 Å². The number of benzene rings is 1. The normalized spacial score (nSPS) is 16.6. The summed E-state index contributed by atoms with van der Waals surface area (Å²) in [6.07, 6.45) is 1.88. The molecule has 0 aliphatic carbocycles. The number of likely N-dealkylation sites (tertiary alicyclic amines) is 1. The summed E-state index contributed by atoms with van der Waals surface area (Å²) < 4.78 is 1.60. The molecule has 1 fully saturated rings. The van der Waals surface area contributed by atoms with Crippen molar-refractivity contribution in [1.82, 2.24) is 19.5 Å². The standard InChI is InChI=1S/C22H26N6O3/c1-13-17(14(2)28-19(24-13)11-21(30)26-28)10-20(29)25-16-6-3-5-15(9-16)12-27-8-4-7-18(27)22(23)31/h3,5-6,9,11,18H,4,7-8,10,12H2,1-2H3,(H2,23,31)(H,25,29)(H,26,30). The molecule has 4 N–H and O–H groups in total. The predicted molar refractivity (Wildman–Crippen MR) is 117 cm³/mol. The van der Waals surface area contributed by atoms with E-state index in [0.29, 0.717) is 23.6 Å². The topological polar surface area (TPSA) is 126 Å². The van der Waals surface area contributed by atoms with Gasteiger partial charge in [-0.05, 0) is 50.9 Å². The lowest BCUT2D eigenvalue weighted by molar-refractivity contribution is -0.122. The zero-order chi connectivity index (χ0) is 22.1. The largest absolute Gasteiger partial charge is 0.368 e. The van der Waals surface area contributed by atoms with Crippen LogP contribution in [0, 0.1) is 13.8 Å². The maximum Gasteiger partial charge on any atom is 0.266 e. The van der Waals surface area contributed by atoms with E-state index in [9.17, 15) is 14.4 Å². The monoisotopic (exact) mass is 422 g/mol. The number of nitrogens with one attached hydrogen (secondary N) is 2. The molecule has 1 atom stereocenters. The van der Waals surface area contributed by atoms with E-state index in [1.807, 2.05) is 38.1 Å². The molecule has 9 nitrogen and oxygen atoms in total. The van der Waals surface area contributed by atoms with Crippen LogP contribution in [0.5, 0.6) is 0 Å². The van der Waals surface area contributed by atoms with Crippen molar-refractivity contribution in [3.8, 4) is 0 Å². The van der Waals surface area contributed by atoms with Gasteiger partial charge in [-0.3, -0.25) is 24.4 Å². The number of amides is 2. The Balaban J connectivity index is 1.47. The van der Waals surface area contributed by atoms with Crippen molar-refractivity contribution in [1.29, 1.82) is 0 Å². The average molecular weight is 422 g/mol. The number of rotatable bonds is 6. The fraction of sp³-hybridized carbons (Fsp3) is 0.364. The number of aryl methyl sites for hydroxylation is 2. The molecule has 1 aromatic carbocycles. The number of hydrogen-bond acceptors (Lipinski definition) is 5. The number of carbonyl (C=O) groups excluding carboxylic acids is 2. The van der Waals surface area contributed by atoms with Gasteiger partial charge in [0, 0.05) is 35.2 Å². The first-order valence-electron chi connectivity index (χ1n) is 10.3. The molecular weight excluding hydrogens is 396 g/mol. The van der Waals surface area contributed by atoms with Gasteiger partial charge in [-0.2, -0.15) is 0 Å². The molecule has 2 aromatic heterocycles. The highest BCUT2D eigenvalue weighted by atomic mass is 16.2. The lowest BCUT2D eigenvalue weighted by Gasteiger charge is -2.22. The molecule has 0 bridgehead atoms. The quantitative estimate of drug-likeness (QED) is 0.552. The number of nitrogens with zero attached hydrogens (tertiary/aromatic N) is 3. The summed E-state index contributed by atoms with van der Waals surface area (Å²) in [5, 5.41) is 5.64. The molecule has 1 aliphatic heterocycles. The summed E-state index contributed by atoms with van der Waals surface area (Å²) in [5.41, 5.74) is 9.77. The minimum absolute atomic E-state index is 0.140. The SMILES string of the molecule is Cc1nc2cc(=O)[nH]n2c(C)c1CC(=O)Nc1cccc(CN2CCCC2C(N)=O)c1. The van der Waals surface area contributed by atoms with Crippen LogP contribution in [0.4, 0.5) is 5.69 Å². The van der Waals surface area contributed by atoms with Gasteiger partial charge in [-0.15, -0.1) is 0 Å². The van der Waals surface area contributed by atoms with E-state index in [0.717, 1.165) is 36.2 Å². The maximum atomic E-state index is 12.7.